The maximum absolute atomic E-state index is 11.7. The number of carboxylic acids is 1. The average molecular weight is 415 g/mol. The van der Waals surface area contributed by atoms with Crippen LogP contribution in [0, 0.1) is 0 Å². The van der Waals surface area contributed by atoms with Crippen LogP contribution >= 0.6 is 11.6 Å². The second kappa shape index (κ2) is 8.64. The summed E-state index contributed by atoms with van der Waals surface area (Å²) in [5, 5.41) is 12.3. The summed E-state index contributed by atoms with van der Waals surface area (Å²) < 4.78 is 5.34. The summed E-state index contributed by atoms with van der Waals surface area (Å²) in [5.41, 5.74) is 6.25. The third kappa shape index (κ3) is 4.21. The highest BCUT2D eigenvalue weighted by molar-refractivity contribution is 6.31. The number of halogens is 1. The van der Waals surface area contributed by atoms with Gasteiger partial charge in [0, 0.05) is 17.5 Å². The lowest BCUT2D eigenvalue weighted by atomic mass is 9.83. The predicted octanol–water partition coefficient (Wildman–Crippen LogP) is 5.31. The molecule has 29 heavy (non-hydrogen) atoms. The lowest BCUT2D eigenvalue weighted by Gasteiger charge is -2.28. The van der Waals surface area contributed by atoms with Crippen molar-refractivity contribution in [2.24, 2.45) is 0 Å². The molecule has 2 fully saturated rings. The van der Waals surface area contributed by atoms with Crippen LogP contribution in [0.15, 0.2) is 42.5 Å². The van der Waals surface area contributed by atoms with Crippen molar-refractivity contribution in [3.8, 4) is 5.75 Å². The lowest BCUT2D eigenvalue weighted by Crippen LogP contribution is -2.40. The molecule has 0 aromatic heterocycles. The van der Waals surface area contributed by atoms with E-state index in [1.54, 1.807) is 7.11 Å². The smallest absolute Gasteiger partial charge is 0.322 e. The Labute approximate surface area is 176 Å². The molecule has 1 aliphatic carbocycles. The third-order valence-corrected chi connectivity index (χ3v) is 6.48. The van der Waals surface area contributed by atoms with Crippen molar-refractivity contribution in [3.63, 3.8) is 0 Å². The number of hydrogen-bond acceptors (Lipinski definition) is 4. The molecule has 0 amide bonds. The van der Waals surface area contributed by atoms with Gasteiger partial charge in [-0.2, -0.15) is 0 Å². The van der Waals surface area contributed by atoms with E-state index < -0.39 is 12.0 Å². The Morgan fingerprint density at radius 2 is 1.97 bits per heavy atom. The summed E-state index contributed by atoms with van der Waals surface area (Å²) >= 11 is 6.71. The maximum atomic E-state index is 11.7. The number of nitrogens with zero attached hydrogens (tertiary/aromatic N) is 1. The Balaban J connectivity index is 1.64. The van der Waals surface area contributed by atoms with Gasteiger partial charge in [0.2, 0.25) is 0 Å². The van der Waals surface area contributed by atoms with Crippen LogP contribution < -0.4 is 15.2 Å². The summed E-state index contributed by atoms with van der Waals surface area (Å²) in [6.07, 6.45) is 6.69. The van der Waals surface area contributed by atoms with Gasteiger partial charge in [0.1, 0.15) is 11.8 Å². The number of carboxylic acid groups (broad SMARTS) is 1. The first-order chi connectivity index (χ1) is 14.1. The summed E-state index contributed by atoms with van der Waals surface area (Å²) in [5.74, 6) is 0.408. The molecule has 6 heteroatoms. The Hall–Kier alpha value is -2.24. The highest BCUT2D eigenvalue weighted by Crippen LogP contribution is 2.40. The SMILES string of the molecule is COc1cccc(N2NC(C(=O)O)CC2c2ccc(C3CCCCC3)c(Cl)c2)c1. The summed E-state index contributed by atoms with van der Waals surface area (Å²) in [4.78, 5) is 11.7. The van der Waals surface area contributed by atoms with E-state index >= 15 is 0 Å². The zero-order chi connectivity index (χ0) is 20.4. The molecule has 1 saturated heterocycles. The van der Waals surface area contributed by atoms with Gasteiger partial charge in [0.15, 0.2) is 0 Å². The molecular weight excluding hydrogens is 388 g/mol. The number of hydrogen-bond donors (Lipinski definition) is 2. The average Bonchev–Trinajstić information content (AvgIpc) is 3.20. The number of methoxy groups -OCH3 is 1. The second-order valence-electron chi connectivity index (χ2n) is 7.96. The van der Waals surface area contributed by atoms with Crippen molar-refractivity contribution >= 4 is 23.3 Å². The molecule has 2 N–H and O–H groups in total. The van der Waals surface area contributed by atoms with E-state index in [1.807, 2.05) is 35.3 Å². The van der Waals surface area contributed by atoms with Gasteiger partial charge < -0.3 is 9.84 Å². The van der Waals surface area contributed by atoms with E-state index in [9.17, 15) is 9.90 Å². The maximum Gasteiger partial charge on any atom is 0.322 e. The van der Waals surface area contributed by atoms with Gasteiger partial charge in [-0.3, -0.25) is 9.80 Å². The van der Waals surface area contributed by atoms with Crippen molar-refractivity contribution in [1.29, 1.82) is 0 Å². The van der Waals surface area contributed by atoms with E-state index in [-0.39, 0.29) is 6.04 Å². The van der Waals surface area contributed by atoms with E-state index in [4.69, 9.17) is 16.3 Å². The van der Waals surface area contributed by atoms with Crippen LogP contribution in [0.25, 0.3) is 0 Å². The van der Waals surface area contributed by atoms with Crippen LogP contribution in [0.3, 0.4) is 0 Å². The molecule has 4 rings (SSSR count). The van der Waals surface area contributed by atoms with Crippen molar-refractivity contribution in [1.82, 2.24) is 5.43 Å². The van der Waals surface area contributed by atoms with E-state index in [1.165, 1.54) is 37.7 Å². The lowest BCUT2D eigenvalue weighted by molar-refractivity contribution is -0.139. The molecule has 2 unspecified atom stereocenters. The van der Waals surface area contributed by atoms with Gasteiger partial charge in [-0.15, -0.1) is 0 Å². The number of carbonyl (C=O) groups is 1. The summed E-state index contributed by atoms with van der Waals surface area (Å²) in [7, 11) is 1.62. The topological polar surface area (TPSA) is 61.8 Å². The molecule has 1 heterocycles. The molecule has 1 saturated carbocycles. The minimum absolute atomic E-state index is 0.124. The first-order valence-electron chi connectivity index (χ1n) is 10.3. The van der Waals surface area contributed by atoms with Gasteiger partial charge in [-0.25, -0.2) is 5.43 Å². The van der Waals surface area contributed by atoms with E-state index in [0.29, 0.717) is 12.3 Å². The minimum Gasteiger partial charge on any atom is -0.497 e. The number of rotatable bonds is 5. The number of ether oxygens (including phenoxy) is 1. The first kappa shape index (κ1) is 20.0. The molecule has 0 radical (unpaired) electrons. The molecular formula is C23H27ClN2O3. The van der Waals surface area contributed by atoms with Crippen LogP contribution in [-0.4, -0.2) is 24.2 Å². The molecule has 2 aliphatic rings. The van der Waals surface area contributed by atoms with Crippen LogP contribution in [0.2, 0.25) is 5.02 Å². The minimum atomic E-state index is -0.856. The Kier molecular flexibility index (Phi) is 5.97. The molecule has 0 spiro atoms. The Bertz CT molecular complexity index is 882. The van der Waals surface area contributed by atoms with Crippen LogP contribution in [0.1, 0.15) is 61.6 Å². The Morgan fingerprint density at radius 1 is 1.17 bits per heavy atom. The zero-order valence-corrected chi connectivity index (χ0v) is 17.4. The number of aliphatic carboxylic acids is 1. The molecule has 2 aromatic rings. The van der Waals surface area contributed by atoms with Gasteiger partial charge in [-0.05, 0) is 48.1 Å². The third-order valence-electron chi connectivity index (χ3n) is 6.15. The second-order valence-corrected chi connectivity index (χ2v) is 8.37. The van der Waals surface area contributed by atoms with Crippen molar-refractivity contribution < 1.29 is 14.6 Å². The van der Waals surface area contributed by atoms with Crippen molar-refractivity contribution in [2.75, 3.05) is 12.1 Å². The number of benzene rings is 2. The molecule has 2 aromatic carbocycles. The van der Waals surface area contributed by atoms with Gasteiger partial charge in [0.05, 0.1) is 18.8 Å². The van der Waals surface area contributed by atoms with Crippen LogP contribution in [-0.2, 0) is 4.79 Å². The van der Waals surface area contributed by atoms with Crippen LogP contribution in [0.4, 0.5) is 5.69 Å². The quantitative estimate of drug-likeness (QED) is 0.694. The Morgan fingerprint density at radius 3 is 2.66 bits per heavy atom. The van der Waals surface area contributed by atoms with Crippen LogP contribution in [0.5, 0.6) is 5.75 Å². The fourth-order valence-corrected chi connectivity index (χ4v) is 4.93. The fourth-order valence-electron chi connectivity index (χ4n) is 4.59. The predicted molar refractivity (Wildman–Crippen MR) is 115 cm³/mol. The largest absolute Gasteiger partial charge is 0.497 e. The first-order valence-corrected chi connectivity index (χ1v) is 10.7. The fraction of sp³-hybridized carbons (Fsp3) is 0.435. The van der Waals surface area contributed by atoms with E-state index in [2.05, 4.69) is 17.6 Å². The molecule has 5 nitrogen and oxygen atoms in total. The van der Waals surface area contributed by atoms with Gasteiger partial charge in [0.25, 0.3) is 0 Å². The number of nitrogens with one attached hydrogen (secondary N) is 1. The van der Waals surface area contributed by atoms with Gasteiger partial charge in [-0.1, -0.05) is 49.1 Å². The van der Waals surface area contributed by atoms with Gasteiger partial charge >= 0.3 is 5.97 Å². The standard InChI is InChI=1S/C23H27ClN2O3/c1-29-18-9-5-8-17(13-18)26-22(14-21(25-26)23(27)28)16-10-11-19(20(24)12-16)15-6-3-2-4-7-15/h5,8-13,15,21-22,25H,2-4,6-7,14H2,1H3,(H,27,28). The monoisotopic (exact) mass is 414 g/mol. The zero-order valence-electron chi connectivity index (χ0n) is 16.6. The van der Waals surface area contributed by atoms with Crippen molar-refractivity contribution in [2.45, 2.75) is 56.5 Å². The van der Waals surface area contributed by atoms with E-state index in [0.717, 1.165) is 22.0 Å². The summed E-state index contributed by atoms with van der Waals surface area (Å²) in [6, 6.07) is 13.1. The molecule has 154 valence electrons. The number of anilines is 1. The molecule has 2 atom stereocenters. The highest BCUT2D eigenvalue weighted by atomic mass is 35.5. The highest BCUT2D eigenvalue weighted by Gasteiger charge is 2.37. The normalized spacial score (nSPS) is 22.6. The van der Waals surface area contributed by atoms with Crippen molar-refractivity contribution in [3.05, 3.63) is 58.6 Å². The molecule has 0 bridgehead atoms. The molecule has 1 aliphatic heterocycles. The number of hydrazine groups is 1. The summed E-state index contributed by atoms with van der Waals surface area (Å²) in [6.45, 7) is 0.